The molecule has 1 aromatic carbocycles. The van der Waals surface area contributed by atoms with Gasteiger partial charge in [0.05, 0.1) is 0 Å². The normalized spacial score (nSPS) is 15.5. The minimum atomic E-state index is -4.62. The standard InChI is InChI=1S/C13H15F3O/c1-8-4-6-11(7-5-8)9(2)10(3)12(17)13(14,15)16/h4-7,12,17H,1-3H3/b10-9+. The zero-order valence-electron chi connectivity index (χ0n) is 9.97. The maximum Gasteiger partial charge on any atom is 0.418 e. The van der Waals surface area contributed by atoms with Crippen LogP contribution in [0.15, 0.2) is 29.8 Å². The summed E-state index contributed by atoms with van der Waals surface area (Å²) < 4.78 is 37.1. The van der Waals surface area contributed by atoms with Crippen LogP contribution in [0.1, 0.15) is 25.0 Å². The molecule has 0 amide bonds. The van der Waals surface area contributed by atoms with Gasteiger partial charge in [-0.05, 0) is 37.5 Å². The van der Waals surface area contributed by atoms with Gasteiger partial charge in [-0.25, -0.2) is 0 Å². The van der Waals surface area contributed by atoms with E-state index in [4.69, 9.17) is 5.11 Å². The second-order valence-corrected chi connectivity index (χ2v) is 4.12. The minimum Gasteiger partial charge on any atom is -0.379 e. The van der Waals surface area contributed by atoms with E-state index in [1.54, 1.807) is 19.1 Å². The molecule has 0 bridgehead atoms. The predicted octanol–water partition coefficient (Wildman–Crippen LogP) is 3.71. The van der Waals surface area contributed by atoms with E-state index in [-0.39, 0.29) is 5.57 Å². The molecule has 0 aromatic heterocycles. The van der Waals surface area contributed by atoms with E-state index in [1.807, 2.05) is 19.1 Å². The molecule has 17 heavy (non-hydrogen) atoms. The molecule has 0 aliphatic heterocycles. The maximum atomic E-state index is 12.4. The molecule has 0 radical (unpaired) electrons. The molecule has 1 rings (SSSR count). The summed E-state index contributed by atoms with van der Waals surface area (Å²) in [5.41, 5.74) is 2.11. The van der Waals surface area contributed by atoms with E-state index in [0.717, 1.165) is 5.56 Å². The fourth-order valence-electron chi connectivity index (χ4n) is 1.48. The van der Waals surface area contributed by atoms with Crippen molar-refractivity contribution in [1.82, 2.24) is 0 Å². The molecule has 1 aromatic rings. The SMILES string of the molecule is C/C(=C(/C)C(O)C(F)(F)F)c1ccc(C)cc1. The topological polar surface area (TPSA) is 20.2 Å². The van der Waals surface area contributed by atoms with E-state index in [1.165, 1.54) is 6.92 Å². The summed E-state index contributed by atoms with van der Waals surface area (Å²) in [4.78, 5) is 0. The number of benzene rings is 1. The van der Waals surface area contributed by atoms with Crippen molar-refractivity contribution < 1.29 is 18.3 Å². The lowest BCUT2D eigenvalue weighted by molar-refractivity contribution is -0.191. The molecule has 0 heterocycles. The van der Waals surface area contributed by atoms with Crippen molar-refractivity contribution in [3.63, 3.8) is 0 Å². The number of aliphatic hydroxyl groups excluding tert-OH is 1. The zero-order valence-corrected chi connectivity index (χ0v) is 9.97. The number of aryl methyl sites for hydroxylation is 1. The summed E-state index contributed by atoms with van der Waals surface area (Å²) in [7, 11) is 0. The number of halogens is 3. The summed E-state index contributed by atoms with van der Waals surface area (Å²) in [5, 5.41) is 9.16. The average molecular weight is 244 g/mol. The lowest BCUT2D eigenvalue weighted by Crippen LogP contribution is -2.29. The first-order valence-corrected chi connectivity index (χ1v) is 5.22. The van der Waals surface area contributed by atoms with Gasteiger partial charge in [-0.15, -0.1) is 0 Å². The van der Waals surface area contributed by atoms with E-state index < -0.39 is 12.3 Å². The van der Waals surface area contributed by atoms with Crippen LogP contribution in [0.25, 0.3) is 5.57 Å². The van der Waals surface area contributed by atoms with Crippen molar-refractivity contribution in [3.8, 4) is 0 Å². The molecule has 1 atom stereocenters. The number of hydrogen-bond acceptors (Lipinski definition) is 1. The van der Waals surface area contributed by atoms with Gasteiger partial charge < -0.3 is 5.11 Å². The number of hydrogen-bond donors (Lipinski definition) is 1. The molecule has 94 valence electrons. The van der Waals surface area contributed by atoms with Crippen LogP contribution in [0, 0.1) is 6.92 Å². The van der Waals surface area contributed by atoms with Crippen LogP contribution >= 0.6 is 0 Å². The second-order valence-electron chi connectivity index (χ2n) is 4.12. The second kappa shape index (κ2) is 4.92. The highest BCUT2D eigenvalue weighted by molar-refractivity contribution is 5.67. The average Bonchev–Trinajstić information content (AvgIpc) is 2.26. The van der Waals surface area contributed by atoms with Crippen LogP contribution in [-0.2, 0) is 0 Å². The molecular weight excluding hydrogens is 229 g/mol. The number of allylic oxidation sites excluding steroid dienone is 1. The maximum absolute atomic E-state index is 12.4. The van der Waals surface area contributed by atoms with Crippen LogP contribution in [0.5, 0.6) is 0 Å². The molecule has 0 saturated heterocycles. The predicted molar refractivity (Wildman–Crippen MR) is 61.5 cm³/mol. The third kappa shape index (κ3) is 3.33. The Morgan fingerprint density at radius 3 is 2.00 bits per heavy atom. The Balaban J connectivity index is 3.09. The molecule has 0 spiro atoms. The molecule has 4 heteroatoms. The Morgan fingerprint density at radius 2 is 1.59 bits per heavy atom. The number of aliphatic hydroxyl groups is 1. The van der Waals surface area contributed by atoms with E-state index >= 15 is 0 Å². The zero-order chi connectivity index (χ0) is 13.2. The molecule has 1 nitrogen and oxygen atoms in total. The van der Waals surface area contributed by atoms with Crippen LogP contribution in [0.3, 0.4) is 0 Å². The van der Waals surface area contributed by atoms with Gasteiger partial charge in [-0.1, -0.05) is 29.8 Å². The van der Waals surface area contributed by atoms with Gasteiger partial charge in [-0.2, -0.15) is 13.2 Å². The van der Waals surface area contributed by atoms with Gasteiger partial charge >= 0.3 is 6.18 Å². The molecule has 1 N–H and O–H groups in total. The summed E-state index contributed by atoms with van der Waals surface area (Å²) >= 11 is 0. The third-order valence-electron chi connectivity index (χ3n) is 2.80. The van der Waals surface area contributed by atoms with Gasteiger partial charge in [0.2, 0.25) is 0 Å². The number of alkyl halides is 3. The Hall–Kier alpha value is -1.29. The molecule has 1 unspecified atom stereocenters. The van der Waals surface area contributed by atoms with Crippen LogP contribution in [0.4, 0.5) is 13.2 Å². The Bertz CT molecular complexity index is 415. The van der Waals surface area contributed by atoms with Crippen molar-refractivity contribution in [2.24, 2.45) is 0 Å². The Kier molecular flexibility index (Phi) is 3.98. The van der Waals surface area contributed by atoms with Crippen molar-refractivity contribution in [3.05, 3.63) is 41.0 Å². The van der Waals surface area contributed by atoms with Crippen molar-refractivity contribution in [1.29, 1.82) is 0 Å². The molecule has 0 fully saturated rings. The minimum absolute atomic E-state index is 0.0682. The van der Waals surface area contributed by atoms with Crippen LogP contribution in [0.2, 0.25) is 0 Å². The van der Waals surface area contributed by atoms with Crippen molar-refractivity contribution in [2.45, 2.75) is 33.1 Å². The molecular formula is C13H15F3O. The molecule has 0 aliphatic carbocycles. The lowest BCUT2D eigenvalue weighted by atomic mass is 9.98. The summed E-state index contributed by atoms with van der Waals surface area (Å²) in [5.74, 6) is 0. The highest BCUT2D eigenvalue weighted by Crippen LogP contribution is 2.29. The van der Waals surface area contributed by atoms with Crippen molar-refractivity contribution in [2.75, 3.05) is 0 Å². The number of rotatable bonds is 2. The quantitative estimate of drug-likeness (QED) is 0.840. The smallest absolute Gasteiger partial charge is 0.379 e. The fraction of sp³-hybridized carbons (Fsp3) is 0.385. The first-order valence-electron chi connectivity index (χ1n) is 5.22. The Labute approximate surface area is 98.6 Å². The molecule has 0 aliphatic rings. The third-order valence-corrected chi connectivity index (χ3v) is 2.80. The summed E-state index contributed by atoms with van der Waals surface area (Å²) in [6, 6.07) is 7.15. The van der Waals surface area contributed by atoms with E-state index in [0.29, 0.717) is 11.1 Å². The van der Waals surface area contributed by atoms with Crippen LogP contribution < -0.4 is 0 Å². The lowest BCUT2D eigenvalue weighted by Gasteiger charge is -2.18. The van der Waals surface area contributed by atoms with Crippen molar-refractivity contribution >= 4 is 5.57 Å². The summed E-state index contributed by atoms with van der Waals surface area (Å²) in [6.45, 7) is 4.78. The van der Waals surface area contributed by atoms with Gasteiger partial charge in [0, 0.05) is 0 Å². The monoisotopic (exact) mass is 244 g/mol. The van der Waals surface area contributed by atoms with Crippen LogP contribution in [-0.4, -0.2) is 17.4 Å². The highest BCUT2D eigenvalue weighted by atomic mass is 19.4. The van der Waals surface area contributed by atoms with Gasteiger partial charge in [0.25, 0.3) is 0 Å². The Morgan fingerprint density at radius 1 is 1.12 bits per heavy atom. The fourth-order valence-corrected chi connectivity index (χ4v) is 1.48. The molecule has 0 saturated carbocycles. The van der Waals surface area contributed by atoms with E-state index in [9.17, 15) is 13.2 Å². The largest absolute Gasteiger partial charge is 0.418 e. The first-order chi connectivity index (χ1) is 7.73. The highest BCUT2D eigenvalue weighted by Gasteiger charge is 2.39. The first kappa shape index (κ1) is 13.8. The van der Waals surface area contributed by atoms with E-state index in [2.05, 4.69) is 0 Å². The van der Waals surface area contributed by atoms with Gasteiger partial charge in [-0.3, -0.25) is 0 Å². The van der Waals surface area contributed by atoms with Gasteiger partial charge in [0.15, 0.2) is 6.10 Å². The van der Waals surface area contributed by atoms with Gasteiger partial charge in [0.1, 0.15) is 0 Å². The summed E-state index contributed by atoms with van der Waals surface area (Å²) in [6.07, 6.45) is -7.01.